The van der Waals surface area contributed by atoms with E-state index >= 15 is 0 Å². The van der Waals surface area contributed by atoms with Crippen LogP contribution in [-0.2, 0) is 6.54 Å². The molecule has 2 aromatic rings. The number of aryl methyl sites for hydroxylation is 1. The molecule has 1 aromatic carbocycles. The first-order valence-electron chi connectivity index (χ1n) is 5.15. The van der Waals surface area contributed by atoms with Crippen LogP contribution in [0.2, 0.25) is 0 Å². The summed E-state index contributed by atoms with van der Waals surface area (Å²) in [6.45, 7) is 1.63. The van der Waals surface area contributed by atoms with Crippen molar-refractivity contribution in [3.8, 4) is 0 Å². The fourth-order valence-corrected chi connectivity index (χ4v) is 1.54. The first kappa shape index (κ1) is 12.3. The van der Waals surface area contributed by atoms with Gasteiger partial charge in [-0.2, -0.15) is 9.37 Å². The molecule has 0 bridgehead atoms. The van der Waals surface area contributed by atoms with Gasteiger partial charge in [0.2, 0.25) is 5.82 Å². The molecule has 0 amide bonds. The highest BCUT2D eigenvalue weighted by Gasteiger charge is 2.07. The zero-order chi connectivity index (χ0) is 13.3. The molecule has 0 spiro atoms. The predicted octanol–water partition coefficient (Wildman–Crippen LogP) is 2.02. The van der Waals surface area contributed by atoms with Gasteiger partial charge in [0.05, 0.1) is 0 Å². The molecule has 6 heteroatoms. The third-order valence-electron chi connectivity index (χ3n) is 2.49. The molecular formula is C12H9F3N2O. The fourth-order valence-electron chi connectivity index (χ4n) is 1.54. The van der Waals surface area contributed by atoms with Gasteiger partial charge in [0.25, 0.3) is 0 Å². The Kier molecular flexibility index (Phi) is 3.18. The second-order valence-electron chi connectivity index (χ2n) is 3.82. The van der Waals surface area contributed by atoms with Crippen molar-refractivity contribution in [1.82, 2.24) is 9.55 Å². The Balaban J connectivity index is 2.36. The van der Waals surface area contributed by atoms with Crippen molar-refractivity contribution in [3.05, 3.63) is 63.6 Å². The molecular weight excluding hydrogens is 245 g/mol. The lowest BCUT2D eigenvalue weighted by molar-refractivity contribution is 0.505. The molecule has 0 N–H and O–H groups in total. The van der Waals surface area contributed by atoms with Gasteiger partial charge in [-0.25, -0.2) is 8.78 Å². The summed E-state index contributed by atoms with van der Waals surface area (Å²) in [6.07, 6.45) is 0.992. The van der Waals surface area contributed by atoms with Crippen molar-refractivity contribution >= 4 is 0 Å². The predicted molar refractivity (Wildman–Crippen MR) is 58.7 cm³/mol. The van der Waals surface area contributed by atoms with E-state index in [1.807, 2.05) is 0 Å². The van der Waals surface area contributed by atoms with Crippen LogP contribution in [0.5, 0.6) is 0 Å². The average molecular weight is 254 g/mol. The largest absolute Gasteiger partial charge is 0.329 e. The van der Waals surface area contributed by atoms with E-state index in [-0.39, 0.29) is 6.54 Å². The van der Waals surface area contributed by atoms with Crippen LogP contribution < -0.4 is 5.56 Å². The summed E-state index contributed by atoms with van der Waals surface area (Å²) in [6, 6.07) is 3.39. The van der Waals surface area contributed by atoms with Crippen molar-refractivity contribution in [3.63, 3.8) is 0 Å². The lowest BCUT2D eigenvalue weighted by Crippen LogP contribution is -2.19. The summed E-state index contributed by atoms with van der Waals surface area (Å²) in [7, 11) is 0. The van der Waals surface area contributed by atoms with Gasteiger partial charge in [0.1, 0.15) is 5.82 Å². The quantitative estimate of drug-likeness (QED) is 0.821. The van der Waals surface area contributed by atoms with E-state index in [2.05, 4.69) is 4.98 Å². The SMILES string of the molecule is Cc1nc(=O)c(F)cn1Cc1ccc(F)c(F)c1. The van der Waals surface area contributed by atoms with E-state index in [0.29, 0.717) is 11.4 Å². The number of rotatable bonds is 2. The molecule has 0 atom stereocenters. The second-order valence-corrected chi connectivity index (χ2v) is 3.82. The number of aromatic nitrogens is 2. The van der Waals surface area contributed by atoms with E-state index in [0.717, 1.165) is 18.3 Å². The van der Waals surface area contributed by atoms with Crippen molar-refractivity contribution in [2.75, 3.05) is 0 Å². The topological polar surface area (TPSA) is 34.9 Å². The van der Waals surface area contributed by atoms with E-state index in [1.54, 1.807) is 0 Å². The molecule has 18 heavy (non-hydrogen) atoms. The first-order valence-corrected chi connectivity index (χ1v) is 5.15. The van der Waals surface area contributed by atoms with E-state index < -0.39 is 23.0 Å². The standard InChI is InChI=1S/C12H9F3N2O/c1-7-16-12(18)11(15)6-17(7)5-8-2-3-9(13)10(14)4-8/h2-4,6H,5H2,1H3. The Labute approximate surface area is 101 Å². The zero-order valence-corrected chi connectivity index (χ0v) is 9.45. The van der Waals surface area contributed by atoms with Gasteiger partial charge >= 0.3 is 5.56 Å². The Morgan fingerprint density at radius 2 is 1.89 bits per heavy atom. The average Bonchev–Trinajstić information content (AvgIpc) is 2.31. The Hall–Kier alpha value is -2.11. The number of hydrogen-bond acceptors (Lipinski definition) is 2. The summed E-state index contributed by atoms with van der Waals surface area (Å²) in [5.74, 6) is -2.60. The van der Waals surface area contributed by atoms with Gasteiger partial charge in [-0.05, 0) is 24.6 Å². The van der Waals surface area contributed by atoms with E-state index in [4.69, 9.17) is 0 Å². The molecule has 0 radical (unpaired) electrons. The van der Waals surface area contributed by atoms with Gasteiger partial charge in [0.15, 0.2) is 11.6 Å². The summed E-state index contributed by atoms with van der Waals surface area (Å²) < 4.78 is 40.2. The van der Waals surface area contributed by atoms with E-state index in [9.17, 15) is 18.0 Å². The van der Waals surface area contributed by atoms with Crippen molar-refractivity contribution in [1.29, 1.82) is 0 Å². The van der Waals surface area contributed by atoms with Gasteiger partial charge in [-0.1, -0.05) is 6.07 Å². The van der Waals surface area contributed by atoms with Crippen LogP contribution in [0.3, 0.4) is 0 Å². The second kappa shape index (κ2) is 4.64. The molecule has 1 aromatic heterocycles. The monoisotopic (exact) mass is 254 g/mol. The van der Waals surface area contributed by atoms with Crippen LogP contribution in [0.1, 0.15) is 11.4 Å². The molecule has 0 aliphatic rings. The molecule has 0 unspecified atom stereocenters. The molecule has 0 aliphatic carbocycles. The maximum absolute atomic E-state index is 13.1. The molecule has 0 saturated heterocycles. The lowest BCUT2D eigenvalue weighted by atomic mass is 10.2. The normalized spacial score (nSPS) is 10.7. The number of halogens is 3. The van der Waals surface area contributed by atoms with Crippen LogP contribution in [0.4, 0.5) is 13.2 Å². The highest BCUT2D eigenvalue weighted by atomic mass is 19.2. The lowest BCUT2D eigenvalue weighted by Gasteiger charge is -2.09. The molecule has 2 rings (SSSR count). The summed E-state index contributed by atoms with van der Waals surface area (Å²) in [5, 5.41) is 0. The van der Waals surface area contributed by atoms with Crippen LogP contribution in [0.15, 0.2) is 29.2 Å². The molecule has 0 fully saturated rings. The minimum absolute atomic E-state index is 0.104. The van der Waals surface area contributed by atoms with Crippen LogP contribution >= 0.6 is 0 Å². The Morgan fingerprint density at radius 3 is 2.56 bits per heavy atom. The molecule has 0 saturated carbocycles. The number of hydrogen-bond donors (Lipinski definition) is 0. The summed E-state index contributed by atoms with van der Waals surface area (Å²) in [4.78, 5) is 14.4. The minimum Gasteiger partial charge on any atom is -0.329 e. The molecule has 0 aliphatic heterocycles. The zero-order valence-electron chi connectivity index (χ0n) is 9.45. The van der Waals surface area contributed by atoms with Crippen molar-refractivity contribution in [2.24, 2.45) is 0 Å². The van der Waals surface area contributed by atoms with Gasteiger partial charge in [0, 0.05) is 12.7 Å². The number of nitrogens with zero attached hydrogens (tertiary/aromatic N) is 2. The Morgan fingerprint density at radius 1 is 1.17 bits per heavy atom. The Bertz CT molecular complexity index is 652. The maximum Gasteiger partial charge on any atom is 0.308 e. The fraction of sp³-hybridized carbons (Fsp3) is 0.167. The van der Waals surface area contributed by atoms with E-state index in [1.165, 1.54) is 17.6 Å². The first-order chi connectivity index (χ1) is 8.47. The third-order valence-corrected chi connectivity index (χ3v) is 2.49. The van der Waals surface area contributed by atoms with Crippen molar-refractivity contribution in [2.45, 2.75) is 13.5 Å². The smallest absolute Gasteiger partial charge is 0.308 e. The molecule has 94 valence electrons. The van der Waals surface area contributed by atoms with Crippen LogP contribution in [0.25, 0.3) is 0 Å². The maximum atomic E-state index is 13.1. The van der Waals surface area contributed by atoms with Crippen molar-refractivity contribution < 1.29 is 13.2 Å². The van der Waals surface area contributed by atoms with Crippen LogP contribution in [0, 0.1) is 24.4 Å². The third kappa shape index (κ3) is 2.42. The highest BCUT2D eigenvalue weighted by Crippen LogP contribution is 2.10. The number of benzene rings is 1. The minimum atomic E-state index is -0.983. The van der Waals surface area contributed by atoms with Crippen LogP contribution in [-0.4, -0.2) is 9.55 Å². The molecule has 1 heterocycles. The highest BCUT2D eigenvalue weighted by molar-refractivity contribution is 5.18. The summed E-state index contributed by atoms with van der Waals surface area (Å²) >= 11 is 0. The molecule has 3 nitrogen and oxygen atoms in total. The van der Waals surface area contributed by atoms with Gasteiger partial charge < -0.3 is 4.57 Å². The summed E-state index contributed by atoms with van der Waals surface area (Å²) in [5.41, 5.74) is -0.490. The van der Waals surface area contributed by atoms with Gasteiger partial charge in [-0.15, -0.1) is 0 Å². The van der Waals surface area contributed by atoms with Gasteiger partial charge in [-0.3, -0.25) is 4.79 Å².